The largest absolute Gasteiger partial charge is 0.483 e. The zero-order valence-corrected chi connectivity index (χ0v) is 18.2. The van der Waals surface area contributed by atoms with E-state index in [-0.39, 0.29) is 17.7 Å². The standard InChI is InChI=1S/C26H25FN2.CH2O2/c1-3-8-18-11-13-20(14-12-18)25(22(4-2)19-9-6-5-7-10-19)21-15-16-24(28)23(17-21)26(27)29;2-1-3/h3,5-17,29H,4,28H2,1-2H3;1H,(H,2,3)/b8-3+,25-22+,29-26?;. The summed E-state index contributed by atoms with van der Waals surface area (Å²) in [6.45, 7) is 3.86. The lowest BCUT2D eigenvalue weighted by Crippen LogP contribution is -2.01. The first kappa shape index (κ1) is 24.3. The van der Waals surface area contributed by atoms with Crippen molar-refractivity contribution in [3.05, 3.63) is 107 Å². The topological polar surface area (TPSA) is 87.2 Å². The Kier molecular flexibility index (Phi) is 9.11. The molecule has 164 valence electrons. The predicted octanol–water partition coefficient (Wildman–Crippen LogP) is 6.67. The highest BCUT2D eigenvalue weighted by molar-refractivity contribution is 6.02. The average Bonchev–Trinajstić information content (AvgIpc) is 2.80. The van der Waals surface area contributed by atoms with Gasteiger partial charge in [-0.2, -0.15) is 4.39 Å². The lowest BCUT2D eigenvalue weighted by atomic mass is 9.87. The molecule has 0 aliphatic rings. The minimum Gasteiger partial charge on any atom is -0.483 e. The molecule has 3 aromatic rings. The Bertz CT molecular complexity index is 1120. The third kappa shape index (κ3) is 6.01. The maximum atomic E-state index is 13.8. The van der Waals surface area contributed by atoms with Crippen molar-refractivity contribution in [3.63, 3.8) is 0 Å². The number of carbonyl (C=O) groups is 1. The van der Waals surface area contributed by atoms with Gasteiger partial charge in [0.05, 0.1) is 5.56 Å². The van der Waals surface area contributed by atoms with E-state index in [0.29, 0.717) is 0 Å². The van der Waals surface area contributed by atoms with Crippen LogP contribution in [0.1, 0.15) is 48.1 Å². The van der Waals surface area contributed by atoms with Gasteiger partial charge in [0.1, 0.15) is 0 Å². The van der Waals surface area contributed by atoms with Crippen molar-refractivity contribution >= 4 is 35.3 Å². The molecule has 0 bridgehead atoms. The van der Waals surface area contributed by atoms with Gasteiger partial charge in [0.2, 0.25) is 5.97 Å². The molecule has 3 aromatic carbocycles. The molecule has 0 radical (unpaired) electrons. The number of nitrogen functional groups attached to an aromatic ring is 1. The van der Waals surface area contributed by atoms with Crippen molar-refractivity contribution in [2.75, 3.05) is 5.73 Å². The SMILES string of the molecule is C/C=C/c1ccc(/C(=C(/CC)c2ccccc2)c2ccc(N)c(C(=N)F)c2)cc1.O=CO. The van der Waals surface area contributed by atoms with E-state index >= 15 is 0 Å². The van der Waals surface area contributed by atoms with E-state index in [4.69, 9.17) is 21.0 Å². The second-order valence-corrected chi connectivity index (χ2v) is 6.92. The van der Waals surface area contributed by atoms with Crippen molar-refractivity contribution < 1.29 is 14.3 Å². The molecule has 5 heteroatoms. The Morgan fingerprint density at radius 3 is 2.12 bits per heavy atom. The van der Waals surface area contributed by atoms with Crippen LogP contribution in [0.15, 0.2) is 78.9 Å². The minimum atomic E-state index is -1.02. The number of rotatable bonds is 6. The fraction of sp³-hybridized carbons (Fsp3) is 0.111. The lowest BCUT2D eigenvalue weighted by Gasteiger charge is -2.17. The number of hydrogen-bond acceptors (Lipinski definition) is 3. The maximum Gasteiger partial charge on any atom is 0.290 e. The molecule has 0 fully saturated rings. The maximum absolute atomic E-state index is 13.8. The Balaban J connectivity index is 0.00000114. The molecule has 0 saturated heterocycles. The van der Waals surface area contributed by atoms with Crippen LogP contribution >= 0.6 is 0 Å². The van der Waals surface area contributed by atoms with Gasteiger partial charge in [-0.3, -0.25) is 10.2 Å². The van der Waals surface area contributed by atoms with Gasteiger partial charge < -0.3 is 10.8 Å². The lowest BCUT2D eigenvalue weighted by molar-refractivity contribution is -0.122. The van der Waals surface area contributed by atoms with E-state index in [1.165, 1.54) is 0 Å². The summed E-state index contributed by atoms with van der Waals surface area (Å²) in [4.78, 5) is 8.36. The fourth-order valence-corrected chi connectivity index (χ4v) is 3.53. The summed E-state index contributed by atoms with van der Waals surface area (Å²) in [5, 5.41) is 14.3. The van der Waals surface area contributed by atoms with E-state index in [0.717, 1.165) is 39.8 Å². The van der Waals surface area contributed by atoms with Crippen LogP contribution in [0.3, 0.4) is 0 Å². The quantitative estimate of drug-likeness (QED) is 0.177. The van der Waals surface area contributed by atoms with Crippen LogP contribution in [0.5, 0.6) is 0 Å². The van der Waals surface area contributed by atoms with Gasteiger partial charge in [-0.05, 0) is 58.9 Å². The highest BCUT2D eigenvalue weighted by atomic mass is 19.1. The number of nitrogens with two attached hydrogens (primary N) is 1. The average molecular weight is 431 g/mol. The van der Waals surface area contributed by atoms with Crippen molar-refractivity contribution in [3.8, 4) is 0 Å². The molecule has 4 nitrogen and oxygen atoms in total. The number of hydrogen-bond donors (Lipinski definition) is 3. The summed E-state index contributed by atoms with van der Waals surface area (Å²) in [5.41, 5.74) is 12.6. The summed E-state index contributed by atoms with van der Waals surface area (Å²) in [7, 11) is 0. The molecular weight excluding hydrogens is 403 g/mol. The summed E-state index contributed by atoms with van der Waals surface area (Å²) >= 11 is 0. The van der Waals surface area contributed by atoms with Gasteiger partial charge >= 0.3 is 0 Å². The Morgan fingerprint density at radius 1 is 1.00 bits per heavy atom. The number of anilines is 1. The molecule has 0 aromatic heterocycles. The second-order valence-electron chi connectivity index (χ2n) is 6.92. The molecule has 0 unspecified atom stereocenters. The molecule has 0 saturated carbocycles. The van der Waals surface area contributed by atoms with Crippen LogP contribution < -0.4 is 5.73 Å². The highest BCUT2D eigenvalue weighted by Crippen LogP contribution is 2.35. The monoisotopic (exact) mass is 430 g/mol. The number of benzene rings is 3. The number of nitrogens with one attached hydrogen (secondary N) is 1. The zero-order chi connectivity index (χ0) is 23.5. The predicted molar refractivity (Wildman–Crippen MR) is 131 cm³/mol. The number of halogens is 1. The van der Waals surface area contributed by atoms with E-state index < -0.39 is 5.97 Å². The van der Waals surface area contributed by atoms with Crippen LogP contribution in [0.4, 0.5) is 10.1 Å². The fourth-order valence-electron chi connectivity index (χ4n) is 3.53. The first-order valence-corrected chi connectivity index (χ1v) is 10.2. The van der Waals surface area contributed by atoms with Gasteiger partial charge in [0, 0.05) is 5.69 Å². The van der Waals surface area contributed by atoms with Gasteiger partial charge in [-0.1, -0.05) is 79.7 Å². The van der Waals surface area contributed by atoms with Crippen LogP contribution in [0.25, 0.3) is 17.2 Å². The van der Waals surface area contributed by atoms with Crippen molar-refractivity contribution in [2.24, 2.45) is 0 Å². The molecule has 0 atom stereocenters. The van der Waals surface area contributed by atoms with Crippen molar-refractivity contribution in [1.82, 2.24) is 0 Å². The first-order valence-electron chi connectivity index (χ1n) is 10.2. The summed E-state index contributed by atoms with van der Waals surface area (Å²) in [6.07, 6.45) is 4.87. The Morgan fingerprint density at radius 2 is 1.59 bits per heavy atom. The van der Waals surface area contributed by atoms with E-state index in [1.54, 1.807) is 12.1 Å². The van der Waals surface area contributed by atoms with Gasteiger partial charge in [-0.15, -0.1) is 0 Å². The number of carboxylic acid groups (broad SMARTS) is 1. The third-order valence-corrected chi connectivity index (χ3v) is 4.91. The molecule has 3 rings (SSSR count). The Labute approximate surface area is 188 Å². The second kappa shape index (κ2) is 12.0. The van der Waals surface area contributed by atoms with Crippen LogP contribution in [0.2, 0.25) is 0 Å². The summed E-state index contributed by atoms with van der Waals surface area (Å²) < 4.78 is 13.8. The zero-order valence-electron chi connectivity index (χ0n) is 18.2. The van der Waals surface area contributed by atoms with Crippen LogP contribution in [-0.4, -0.2) is 17.5 Å². The third-order valence-electron chi connectivity index (χ3n) is 4.91. The highest BCUT2D eigenvalue weighted by Gasteiger charge is 2.15. The smallest absolute Gasteiger partial charge is 0.290 e. The molecule has 32 heavy (non-hydrogen) atoms. The van der Waals surface area contributed by atoms with E-state index in [2.05, 4.69) is 49.4 Å². The van der Waals surface area contributed by atoms with Gasteiger partial charge in [0.25, 0.3) is 6.47 Å². The molecular formula is C27H27FN2O2. The van der Waals surface area contributed by atoms with E-state index in [1.807, 2.05) is 37.3 Å². The van der Waals surface area contributed by atoms with Gasteiger partial charge in [0.15, 0.2) is 0 Å². The normalized spacial score (nSPS) is 11.3. The summed E-state index contributed by atoms with van der Waals surface area (Å²) in [5.74, 6) is -1.02. The molecule has 0 amide bonds. The summed E-state index contributed by atoms with van der Waals surface area (Å²) in [6, 6.07) is 23.8. The van der Waals surface area contributed by atoms with Crippen LogP contribution in [-0.2, 0) is 4.79 Å². The molecule has 0 spiro atoms. The molecule has 0 aliphatic heterocycles. The van der Waals surface area contributed by atoms with Crippen molar-refractivity contribution in [1.29, 1.82) is 5.41 Å². The first-order chi connectivity index (χ1) is 15.5. The minimum absolute atomic E-state index is 0.119. The van der Waals surface area contributed by atoms with Crippen LogP contribution in [0, 0.1) is 5.41 Å². The molecule has 0 heterocycles. The van der Waals surface area contributed by atoms with Crippen molar-refractivity contribution in [2.45, 2.75) is 20.3 Å². The van der Waals surface area contributed by atoms with Gasteiger partial charge in [-0.25, -0.2) is 0 Å². The molecule has 4 N–H and O–H groups in total. The van der Waals surface area contributed by atoms with E-state index in [9.17, 15) is 4.39 Å². The number of allylic oxidation sites excluding steroid dienone is 2. The molecule has 0 aliphatic carbocycles. The Hall–Kier alpha value is -3.99.